The van der Waals surface area contributed by atoms with Gasteiger partial charge in [0.1, 0.15) is 11.5 Å². The maximum Gasteiger partial charge on any atom is 0.287 e. The molecule has 1 amide bonds. The van der Waals surface area contributed by atoms with Crippen LogP contribution in [0.25, 0.3) is 0 Å². The lowest BCUT2D eigenvalue weighted by atomic mass is 10.3. The first-order chi connectivity index (χ1) is 8.97. The highest BCUT2D eigenvalue weighted by Gasteiger charge is 2.15. The molecule has 0 aliphatic carbocycles. The van der Waals surface area contributed by atoms with Crippen LogP contribution in [0.1, 0.15) is 16.1 Å². The van der Waals surface area contributed by atoms with Crippen molar-refractivity contribution >= 4 is 33.3 Å². The highest BCUT2D eigenvalue weighted by Crippen LogP contribution is 2.18. The fourth-order valence-corrected chi connectivity index (χ4v) is 1.91. The van der Waals surface area contributed by atoms with Gasteiger partial charge in [0.15, 0.2) is 0 Å². The van der Waals surface area contributed by atoms with E-state index in [-0.39, 0.29) is 11.4 Å². The van der Waals surface area contributed by atoms with Crippen LogP contribution in [0, 0.1) is 17.0 Å². The smallest absolute Gasteiger partial charge is 0.287 e. The minimum absolute atomic E-state index is 0.107. The van der Waals surface area contributed by atoms with E-state index < -0.39 is 10.8 Å². The van der Waals surface area contributed by atoms with E-state index >= 15 is 0 Å². The maximum absolute atomic E-state index is 11.9. The van der Waals surface area contributed by atoms with Crippen molar-refractivity contribution in [3.8, 4) is 0 Å². The monoisotopic (exact) mass is 324 g/mol. The number of aryl methyl sites for hydroxylation is 1. The van der Waals surface area contributed by atoms with Crippen LogP contribution in [0.4, 0.5) is 11.5 Å². The summed E-state index contributed by atoms with van der Waals surface area (Å²) in [7, 11) is 0. The number of aromatic nitrogens is 2. The van der Waals surface area contributed by atoms with Crippen molar-refractivity contribution in [1.29, 1.82) is 0 Å². The van der Waals surface area contributed by atoms with E-state index in [0.29, 0.717) is 5.82 Å². The highest BCUT2D eigenvalue weighted by atomic mass is 79.9. The molecule has 7 nitrogen and oxygen atoms in total. The van der Waals surface area contributed by atoms with E-state index in [1.807, 2.05) is 0 Å². The minimum atomic E-state index is -0.573. The number of carbonyl (C=O) groups excluding carboxylic acids is 1. The highest BCUT2D eigenvalue weighted by molar-refractivity contribution is 9.10. The van der Waals surface area contributed by atoms with Gasteiger partial charge in [-0.3, -0.25) is 14.9 Å². The quantitative estimate of drug-likeness (QED) is 0.669. The number of hydrogen-bond acceptors (Lipinski definition) is 4. The third-order valence-corrected chi connectivity index (χ3v) is 2.83. The Morgan fingerprint density at radius 3 is 2.84 bits per heavy atom. The Labute approximate surface area is 116 Å². The second-order valence-corrected chi connectivity index (χ2v) is 4.72. The summed E-state index contributed by atoms with van der Waals surface area (Å²) in [4.78, 5) is 28.4. The van der Waals surface area contributed by atoms with Gasteiger partial charge in [-0.05, 0) is 34.5 Å². The average Bonchev–Trinajstić information content (AvgIpc) is 2.82. The largest absolute Gasteiger partial charge is 0.351 e. The number of nitrogens with one attached hydrogen (secondary N) is 2. The Hall–Kier alpha value is -2.22. The molecule has 2 aromatic heterocycles. The second-order valence-electron chi connectivity index (χ2n) is 3.80. The summed E-state index contributed by atoms with van der Waals surface area (Å²) in [6, 6.07) is 2.98. The van der Waals surface area contributed by atoms with Gasteiger partial charge in [0, 0.05) is 16.7 Å². The van der Waals surface area contributed by atoms with Crippen LogP contribution in [0.2, 0.25) is 0 Å². The Morgan fingerprint density at radius 2 is 2.26 bits per heavy atom. The summed E-state index contributed by atoms with van der Waals surface area (Å²) < 4.78 is 0.804. The Balaban J connectivity index is 2.18. The van der Waals surface area contributed by atoms with Crippen molar-refractivity contribution in [1.82, 2.24) is 9.97 Å². The number of rotatable bonds is 3. The van der Waals surface area contributed by atoms with Gasteiger partial charge in [0.2, 0.25) is 0 Å². The number of amides is 1. The van der Waals surface area contributed by atoms with Crippen LogP contribution in [0.3, 0.4) is 0 Å². The zero-order valence-electron chi connectivity index (χ0n) is 9.81. The molecule has 2 heterocycles. The Bertz CT molecular complexity index is 653. The Kier molecular flexibility index (Phi) is 3.61. The van der Waals surface area contributed by atoms with Crippen LogP contribution in [0.5, 0.6) is 0 Å². The van der Waals surface area contributed by atoms with Gasteiger partial charge in [-0.1, -0.05) is 0 Å². The van der Waals surface area contributed by atoms with Crippen molar-refractivity contribution in [2.75, 3.05) is 5.32 Å². The molecule has 0 unspecified atom stereocenters. The summed E-state index contributed by atoms with van der Waals surface area (Å²) >= 11 is 3.27. The van der Waals surface area contributed by atoms with Crippen LogP contribution in [-0.2, 0) is 0 Å². The van der Waals surface area contributed by atoms with Crippen LogP contribution >= 0.6 is 15.9 Å². The second kappa shape index (κ2) is 5.19. The number of nitrogens with zero attached hydrogens (tertiary/aromatic N) is 2. The predicted molar refractivity (Wildman–Crippen MR) is 72.1 cm³/mol. The van der Waals surface area contributed by atoms with Crippen molar-refractivity contribution in [3.05, 3.63) is 50.4 Å². The Morgan fingerprint density at radius 1 is 1.53 bits per heavy atom. The van der Waals surface area contributed by atoms with Gasteiger partial charge < -0.3 is 10.3 Å². The molecule has 0 fully saturated rings. The molecule has 2 rings (SSSR count). The third-order valence-electron chi connectivity index (χ3n) is 2.40. The summed E-state index contributed by atoms with van der Waals surface area (Å²) in [5.74, 6) is -0.0727. The van der Waals surface area contributed by atoms with Crippen LogP contribution in [-0.4, -0.2) is 20.8 Å². The van der Waals surface area contributed by atoms with E-state index in [0.717, 1.165) is 16.2 Å². The predicted octanol–water partition coefficient (Wildman–Crippen LogP) is 2.64. The average molecular weight is 325 g/mol. The molecular formula is C11H9BrN4O3. The minimum Gasteiger partial charge on any atom is -0.351 e. The number of pyridine rings is 1. The number of anilines is 1. The number of hydrogen-bond donors (Lipinski definition) is 2. The van der Waals surface area contributed by atoms with Gasteiger partial charge in [-0.15, -0.1) is 0 Å². The number of H-pyrrole nitrogens is 1. The molecule has 0 aromatic carbocycles. The lowest BCUT2D eigenvalue weighted by Gasteiger charge is -2.06. The molecule has 0 bridgehead atoms. The zero-order valence-corrected chi connectivity index (χ0v) is 11.4. The van der Waals surface area contributed by atoms with Crippen molar-refractivity contribution in [3.63, 3.8) is 0 Å². The molecule has 0 saturated carbocycles. The van der Waals surface area contributed by atoms with Gasteiger partial charge in [-0.2, -0.15) is 0 Å². The third kappa shape index (κ3) is 2.97. The van der Waals surface area contributed by atoms with Crippen LogP contribution in [0.15, 0.2) is 29.0 Å². The summed E-state index contributed by atoms with van der Waals surface area (Å²) in [6.45, 7) is 1.80. The summed E-state index contributed by atoms with van der Waals surface area (Å²) in [5, 5.41) is 13.1. The van der Waals surface area contributed by atoms with Gasteiger partial charge in [0.05, 0.1) is 11.1 Å². The SMILES string of the molecule is Cc1cc(Br)cnc1NC(=O)c1cc([N+](=O)[O-])c[nH]1. The molecule has 2 N–H and O–H groups in total. The normalized spacial score (nSPS) is 10.2. The summed E-state index contributed by atoms with van der Waals surface area (Å²) in [6.07, 6.45) is 2.72. The topological polar surface area (TPSA) is 101 Å². The molecule has 0 radical (unpaired) electrons. The maximum atomic E-state index is 11.9. The fraction of sp³-hybridized carbons (Fsp3) is 0.0909. The molecule has 0 spiro atoms. The number of nitro groups is 1. The number of halogens is 1. The first-order valence-electron chi connectivity index (χ1n) is 5.23. The van der Waals surface area contributed by atoms with Gasteiger partial charge >= 0.3 is 0 Å². The van der Waals surface area contributed by atoms with Crippen molar-refractivity contribution in [2.45, 2.75) is 6.92 Å². The molecule has 98 valence electrons. The van der Waals surface area contributed by atoms with Crippen molar-refractivity contribution < 1.29 is 9.72 Å². The van der Waals surface area contributed by atoms with Crippen LogP contribution < -0.4 is 5.32 Å². The lowest BCUT2D eigenvalue weighted by Crippen LogP contribution is -2.14. The van der Waals surface area contributed by atoms with E-state index in [4.69, 9.17) is 0 Å². The van der Waals surface area contributed by atoms with Gasteiger partial charge in [-0.25, -0.2) is 4.98 Å². The lowest BCUT2D eigenvalue weighted by molar-refractivity contribution is -0.384. The first-order valence-corrected chi connectivity index (χ1v) is 6.03. The molecular weight excluding hydrogens is 316 g/mol. The molecule has 0 atom stereocenters. The zero-order chi connectivity index (χ0) is 14.0. The van der Waals surface area contributed by atoms with Gasteiger partial charge in [0.25, 0.3) is 11.6 Å². The number of carbonyl (C=O) groups is 1. The fourth-order valence-electron chi connectivity index (χ4n) is 1.47. The van der Waals surface area contributed by atoms with E-state index in [2.05, 4.69) is 31.2 Å². The molecule has 0 aliphatic rings. The van der Waals surface area contributed by atoms with E-state index in [9.17, 15) is 14.9 Å². The molecule has 8 heteroatoms. The van der Waals surface area contributed by atoms with Crippen molar-refractivity contribution in [2.24, 2.45) is 0 Å². The van der Waals surface area contributed by atoms with E-state index in [1.54, 1.807) is 19.2 Å². The molecule has 0 saturated heterocycles. The molecule has 19 heavy (non-hydrogen) atoms. The summed E-state index contributed by atoms with van der Waals surface area (Å²) in [5.41, 5.74) is 0.727. The first kappa shape index (κ1) is 13.2. The standard InChI is InChI=1S/C11H9BrN4O3/c1-6-2-7(12)4-14-10(6)15-11(17)9-3-8(5-13-9)16(18)19/h2-5,13H,1H3,(H,14,15,17). The molecule has 2 aromatic rings. The molecule has 0 aliphatic heterocycles. The van der Waals surface area contributed by atoms with E-state index in [1.165, 1.54) is 6.07 Å². The number of aromatic amines is 1.